The molecular formula is C16H14BrNO3. The summed E-state index contributed by atoms with van der Waals surface area (Å²) in [4.78, 5) is 24.0. The number of hydrogen-bond acceptors (Lipinski definition) is 3. The van der Waals surface area contributed by atoms with Gasteiger partial charge in [-0.05, 0) is 42.8 Å². The predicted octanol–water partition coefficient (Wildman–Crippen LogP) is 3.80. The second kappa shape index (κ2) is 6.54. The van der Waals surface area contributed by atoms with Crippen LogP contribution in [0.25, 0.3) is 0 Å². The SMILES string of the molecule is COC(=O)c1ccccc1C(=O)Nc1ccc(Br)c(C)c1. The number of amides is 1. The molecule has 21 heavy (non-hydrogen) atoms. The third kappa shape index (κ3) is 3.49. The molecule has 4 nitrogen and oxygen atoms in total. The molecule has 2 rings (SSSR count). The van der Waals surface area contributed by atoms with Crippen LogP contribution in [0.5, 0.6) is 0 Å². The van der Waals surface area contributed by atoms with Crippen LogP contribution in [0, 0.1) is 6.92 Å². The summed E-state index contributed by atoms with van der Waals surface area (Å²) in [7, 11) is 1.29. The number of carbonyl (C=O) groups is 2. The first-order valence-corrected chi connectivity index (χ1v) is 7.07. The lowest BCUT2D eigenvalue weighted by atomic mass is 10.1. The van der Waals surface area contributed by atoms with Crippen LogP contribution in [0.1, 0.15) is 26.3 Å². The Balaban J connectivity index is 2.28. The van der Waals surface area contributed by atoms with Crippen LogP contribution in [-0.4, -0.2) is 19.0 Å². The van der Waals surface area contributed by atoms with Gasteiger partial charge in [0.15, 0.2) is 0 Å². The van der Waals surface area contributed by atoms with Crippen molar-refractivity contribution in [3.8, 4) is 0 Å². The van der Waals surface area contributed by atoms with E-state index in [0.717, 1.165) is 10.0 Å². The Morgan fingerprint density at radius 2 is 1.76 bits per heavy atom. The molecule has 0 aliphatic heterocycles. The number of rotatable bonds is 3. The quantitative estimate of drug-likeness (QED) is 0.859. The number of methoxy groups -OCH3 is 1. The normalized spacial score (nSPS) is 10.0. The number of aryl methyl sites for hydroxylation is 1. The number of hydrogen-bond donors (Lipinski definition) is 1. The van der Waals surface area contributed by atoms with Gasteiger partial charge in [0.25, 0.3) is 5.91 Å². The van der Waals surface area contributed by atoms with Crippen molar-refractivity contribution in [1.82, 2.24) is 0 Å². The second-order valence-corrected chi connectivity index (χ2v) is 5.31. The molecule has 1 N–H and O–H groups in total. The molecule has 0 bridgehead atoms. The number of halogens is 1. The fourth-order valence-electron chi connectivity index (χ4n) is 1.89. The smallest absolute Gasteiger partial charge is 0.338 e. The molecule has 0 aromatic heterocycles. The minimum Gasteiger partial charge on any atom is -0.465 e. The van der Waals surface area contributed by atoms with Gasteiger partial charge in [-0.15, -0.1) is 0 Å². The Morgan fingerprint density at radius 1 is 1.10 bits per heavy atom. The van der Waals surface area contributed by atoms with E-state index in [2.05, 4.69) is 26.0 Å². The third-order valence-corrected chi connectivity index (χ3v) is 3.88. The maximum absolute atomic E-state index is 12.3. The Morgan fingerprint density at radius 3 is 2.38 bits per heavy atom. The van der Waals surface area contributed by atoms with Crippen molar-refractivity contribution in [2.24, 2.45) is 0 Å². The molecule has 0 aliphatic carbocycles. The highest BCUT2D eigenvalue weighted by atomic mass is 79.9. The Kier molecular flexibility index (Phi) is 4.75. The molecular weight excluding hydrogens is 334 g/mol. The van der Waals surface area contributed by atoms with Gasteiger partial charge in [-0.1, -0.05) is 28.1 Å². The average molecular weight is 348 g/mol. The van der Waals surface area contributed by atoms with E-state index >= 15 is 0 Å². The molecule has 5 heteroatoms. The molecule has 0 spiro atoms. The zero-order chi connectivity index (χ0) is 15.4. The van der Waals surface area contributed by atoms with E-state index in [1.807, 2.05) is 19.1 Å². The molecule has 0 fully saturated rings. The van der Waals surface area contributed by atoms with E-state index in [9.17, 15) is 9.59 Å². The average Bonchev–Trinajstić information content (AvgIpc) is 2.50. The summed E-state index contributed by atoms with van der Waals surface area (Å²) >= 11 is 3.41. The van der Waals surface area contributed by atoms with Gasteiger partial charge in [0.05, 0.1) is 18.2 Å². The van der Waals surface area contributed by atoms with Crippen molar-refractivity contribution in [3.05, 3.63) is 63.6 Å². The highest BCUT2D eigenvalue weighted by Gasteiger charge is 2.17. The van der Waals surface area contributed by atoms with E-state index in [4.69, 9.17) is 0 Å². The van der Waals surface area contributed by atoms with Gasteiger partial charge >= 0.3 is 5.97 Å². The Labute approximate surface area is 131 Å². The number of carbonyl (C=O) groups excluding carboxylic acids is 2. The van der Waals surface area contributed by atoms with Crippen molar-refractivity contribution in [3.63, 3.8) is 0 Å². The number of benzene rings is 2. The summed E-state index contributed by atoms with van der Waals surface area (Å²) in [6.07, 6.45) is 0. The van der Waals surface area contributed by atoms with Gasteiger partial charge < -0.3 is 10.1 Å². The van der Waals surface area contributed by atoms with Crippen molar-refractivity contribution in [2.45, 2.75) is 6.92 Å². The van der Waals surface area contributed by atoms with Crippen LogP contribution in [-0.2, 0) is 4.74 Å². The first-order chi connectivity index (χ1) is 10.0. The van der Waals surface area contributed by atoms with E-state index in [1.165, 1.54) is 7.11 Å². The molecule has 108 valence electrons. The first kappa shape index (κ1) is 15.3. The van der Waals surface area contributed by atoms with E-state index in [1.54, 1.807) is 30.3 Å². The van der Waals surface area contributed by atoms with Gasteiger partial charge in [0.2, 0.25) is 0 Å². The fourth-order valence-corrected chi connectivity index (χ4v) is 2.14. The van der Waals surface area contributed by atoms with Crippen LogP contribution in [0.2, 0.25) is 0 Å². The number of anilines is 1. The molecule has 0 aliphatic rings. The predicted molar refractivity (Wildman–Crippen MR) is 84.6 cm³/mol. The Hall–Kier alpha value is -2.14. The van der Waals surface area contributed by atoms with E-state index in [-0.39, 0.29) is 17.0 Å². The number of ether oxygens (including phenoxy) is 1. The summed E-state index contributed by atoms with van der Waals surface area (Å²) in [5.74, 6) is -0.884. The van der Waals surface area contributed by atoms with Gasteiger partial charge in [0, 0.05) is 10.2 Å². The number of nitrogens with one attached hydrogen (secondary N) is 1. The van der Waals surface area contributed by atoms with Crippen LogP contribution in [0.15, 0.2) is 46.9 Å². The summed E-state index contributed by atoms with van der Waals surface area (Å²) < 4.78 is 5.66. The fraction of sp³-hybridized carbons (Fsp3) is 0.125. The monoisotopic (exact) mass is 347 g/mol. The molecule has 2 aromatic rings. The molecule has 0 radical (unpaired) electrons. The zero-order valence-corrected chi connectivity index (χ0v) is 13.2. The van der Waals surface area contributed by atoms with Crippen LogP contribution in [0.3, 0.4) is 0 Å². The first-order valence-electron chi connectivity index (χ1n) is 6.27. The minimum atomic E-state index is -0.535. The van der Waals surface area contributed by atoms with Gasteiger partial charge in [-0.3, -0.25) is 4.79 Å². The van der Waals surface area contributed by atoms with Crippen LogP contribution in [0.4, 0.5) is 5.69 Å². The molecule has 0 unspecified atom stereocenters. The molecule has 0 heterocycles. The van der Waals surface area contributed by atoms with Crippen LogP contribution >= 0.6 is 15.9 Å². The van der Waals surface area contributed by atoms with Gasteiger partial charge in [0.1, 0.15) is 0 Å². The molecule has 0 atom stereocenters. The molecule has 2 aromatic carbocycles. The van der Waals surface area contributed by atoms with Crippen molar-refractivity contribution in [1.29, 1.82) is 0 Å². The maximum atomic E-state index is 12.3. The summed E-state index contributed by atoms with van der Waals surface area (Å²) in [5.41, 5.74) is 2.20. The molecule has 0 saturated heterocycles. The van der Waals surface area contributed by atoms with E-state index in [0.29, 0.717) is 5.69 Å². The summed E-state index contributed by atoms with van der Waals surface area (Å²) in [6.45, 7) is 1.93. The molecule has 0 saturated carbocycles. The van der Waals surface area contributed by atoms with Crippen molar-refractivity contribution >= 4 is 33.5 Å². The van der Waals surface area contributed by atoms with Gasteiger partial charge in [-0.2, -0.15) is 0 Å². The van der Waals surface area contributed by atoms with Gasteiger partial charge in [-0.25, -0.2) is 4.79 Å². The standard InChI is InChI=1S/C16H14BrNO3/c1-10-9-11(7-8-14(10)17)18-15(19)12-5-3-4-6-13(12)16(20)21-2/h3-9H,1-2H3,(H,18,19). The highest BCUT2D eigenvalue weighted by Crippen LogP contribution is 2.21. The van der Waals surface area contributed by atoms with Crippen LogP contribution < -0.4 is 5.32 Å². The van der Waals surface area contributed by atoms with Crippen molar-refractivity contribution in [2.75, 3.05) is 12.4 Å². The number of esters is 1. The zero-order valence-electron chi connectivity index (χ0n) is 11.6. The topological polar surface area (TPSA) is 55.4 Å². The largest absolute Gasteiger partial charge is 0.465 e. The minimum absolute atomic E-state index is 0.242. The highest BCUT2D eigenvalue weighted by molar-refractivity contribution is 9.10. The molecule has 1 amide bonds. The lowest BCUT2D eigenvalue weighted by Gasteiger charge is -2.10. The Bertz CT molecular complexity index is 698. The summed E-state index contributed by atoms with van der Waals surface area (Å²) in [6, 6.07) is 12.0. The summed E-state index contributed by atoms with van der Waals surface area (Å²) in [5, 5.41) is 2.78. The van der Waals surface area contributed by atoms with E-state index < -0.39 is 5.97 Å². The van der Waals surface area contributed by atoms with Crippen molar-refractivity contribution < 1.29 is 14.3 Å². The lowest BCUT2D eigenvalue weighted by Crippen LogP contribution is -2.17. The maximum Gasteiger partial charge on any atom is 0.338 e. The second-order valence-electron chi connectivity index (χ2n) is 4.46. The lowest BCUT2D eigenvalue weighted by molar-refractivity contribution is 0.0597. The third-order valence-electron chi connectivity index (χ3n) is 2.99.